The van der Waals surface area contributed by atoms with Gasteiger partial charge in [0.05, 0.1) is 12.2 Å². The van der Waals surface area contributed by atoms with Crippen LogP contribution in [0.1, 0.15) is 59.4 Å². The first-order valence-corrected chi connectivity index (χ1v) is 8.96. The Balaban J connectivity index is 1.97. The molecule has 0 aromatic heterocycles. The Bertz CT molecular complexity index is 695. The predicted molar refractivity (Wildman–Crippen MR) is 100 cm³/mol. The van der Waals surface area contributed by atoms with E-state index >= 15 is 0 Å². The summed E-state index contributed by atoms with van der Waals surface area (Å²) in [6, 6.07) is 8.01. The normalized spacial score (nSPS) is 26.2. The molecule has 1 aliphatic heterocycles. The number of hydrogen-bond acceptors (Lipinski definition) is 3. The molecule has 3 heteroatoms. The third-order valence-corrected chi connectivity index (χ3v) is 5.99. The lowest BCUT2D eigenvalue weighted by Gasteiger charge is -2.19. The lowest BCUT2D eigenvalue weighted by Crippen LogP contribution is -2.10. The summed E-state index contributed by atoms with van der Waals surface area (Å²) in [5.41, 5.74) is 6.74. The number of aromatic hydroxyl groups is 2. The van der Waals surface area contributed by atoms with Gasteiger partial charge in [0.15, 0.2) is 11.5 Å². The first kappa shape index (κ1) is 17.8. The SMILES string of the molecule is Cc1cc([C@@H]2O[C@@H](c3cc(C)c(O)c(O)c3)[C@H](C)[C@H]2C)cc(C)c1C. The van der Waals surface area contributed by atoms with Crippen LogP contribution in [0.2, 0.25) is 0 Å². The Morgan fingerprint density at radius 2 is 1.16 bits per heavy atom. The largest absolute Gasteiger partial charge is 0.504 e. The van der Waals surface area contributed by atoms with Crippen LogP contribution in [0.4, 0.5) is 0 Å². The number of rotatable bonds is 2. The average molecular weight is 340 g/mol. The fourth-order valence-electron chi connectivity index (χ4n) is 3.91. The summed E-state index contributed by atoms with van der Waals surface area (Å²) < 4.78 is 6.47. The molecule has 2 aromatic carbocycles. The van der Waals surface area contributed by atoms with Crippen molar-refractivity contribution in [3.63, 3.8) is 0 Å². The minimum Gasteiger partial charge on any atom is -0.504 e. The van der Waals surface area contributed by atoms with Gasteiger partial charge in [-0.15, -0.1) is 0 Å². The molecule has 0 saturated carbocycles. The maximum absolute atomic E-state index is 9.97. The molecule has 2 N–H and O–H groups in total. The minimum atomic E-state index is -0.0906. The topological polar surface area (TPSA) is 49.7 Å². The summed E-state index contributed by atoms with van der Waals surface area (Å²) in [5, 5.41) is 19.8. The first-order chi connectivity index (χ1) is 11.7. The van der Waals surface area contributed by atoms with Crippen molar-refractivity contribution in [2.75, 3.05) is 0 Å². The van der Waals surface area contributed by atoms with Gasteiger partial charge in [-0.1, -0.05) is 26.0 Å². The zero-order valence-corrected chi connectivity index (χ0v) is 15.9. The van der Waals surface area contributed by atoms with Gasteiger partial charge in [0.1, 0.15) is 0 Å². The van der Waals surface area contributed by atoms with E-state index in [-0.39, 0.29) is 23.7 Å². The smallest absolute Gasteiger partial charge is 0.160 e. The van der Waals surface area contributed by atoms with Gasteiger partial charge in [-0.3, -0.25) is 0 Å². The van der Waals surface area contributed by atoms with Gasteiger partial charge in [0.25, 0.3) is 0 Å². The molecule has 3 nitrogen and oxygen atoms in total. The number of benzene rings is 2. The molecular weight excluding hydrogens is 312 g/mol. The maximum Gasteiger partial charge on any atom is 0.160 e. The predicted octanol–water partition coefficient (Wildman–Crippen LogP) is 5.42. The fraction of sp³-hybridized carbons (Fsp3) is 0.455. The molecule has 2 aromatic rings. The van der Waals surface area contributed by atoms with E-state index in [4.69, 9.17) is 4.74 Å². The molecular formula is C22H28O3. The van der Waals surface area contributed by atoms with Gasteiger partial charge >= 0.3 is 0 Å². The van der Waals surface area contributed by atoms with Crippen molar-refractivity contribution in [3.05, 3.63) is 57.6 Å². The van der Waals surface area contributed by atoms with Crippen LogP contribution in [-0.4, -0.2) is 10.2 Å². The van der Waals surface area contributed by atoms with Crippen molar-refractivity contribution in [1.82, 2.24) is 0 Å². The number of aryl methyl sites for hydroxylation is 3. The molecule has 1 fully saturated rings. The fourth-order valence-corrected chi connectivity index (χ4v) is 3.91. The van der Waals surface area contributed by atoms with Crippen molar-refractivity contribution in [1.29, 1.82) is 0 Å². The second-order valence-corrected chi connectivity index (χ2v) is 7.68. The van der Waals surface area contributed by atoms with Crippen LogP contribution in [0.15, 0.2) is 24.3 Å². The third kappa shape index (κ3) is 3.02. The molecule has 1 saturated heterocycles. The van der Waals surface area contributed by atoms with Gasteiger partial charge in [0.2, 0.25) is 0 Å². The maximum atomic E-state index is 9.97. The summed E-state index contributed by atoms with van der Waals surface area (Å²) in [6.45, 7) is 12.7. The van der Waals surface area contributed by atoms with Crippen molar-refractivity contribution >= 4 is 0 Å². The van der Waals surface area contributed by atoms with Crippen LogP contribution in [-0.2, 0) is 4.74 Å². The van der Waals surface area contributed by atoms with Crippen LogP contribution in [0, 0.1) is 39.5 Å². The highest BCUT2D eigenvalue weighted by Gasteiger charge is 2.41. The highest BCUT2D eigenvalue weighted by atomic mass is 16.5. The Hall–Kier alpha value is -2.00. The van der Waals surface area contributed by atoms with E-state index in [1.807, 2.05) is 6.07 Å². The zero-order valence-electron chi connectivity index (χ0n) is 15.9. The monoisotopic (exact) mass is 340 g/mol. The second-order valence-electron chi connectivity index (χ2n) is 7.68. The van der Waals surface area contributed by atoms with E-state index in [9.17, 15) is 10.2 Å². The molecule has 0 spiro atoms. The summed E-state index contributed by atoms with van der Waals surface area (Å²) in [7, 11) is 0. The van der Waals surface area contributed by atoms with Gasteiger partial charge < -0.3 is 14.9 Å². The Kier molecular flexibility index (Phi) is 4.54. The molecule has 0 radical (unpaired) electrons. The molecule has 3 rings (SSSR count). The average Bonchev–Trinajstić information content (AvgIpc) is 2.85. The van der Waals surface area contributed by atoms with Crippen LogP contribution in [0.25, 0.3) is 0 Å². The number of ether oxygens (including phenoxy) is 1. The Labute approximate surface area is 150 Å². The van der Waals surface area contributed by atoms with Crippen LogP contribution >= 0.6 is 0 Å². The Morgan fingerprint density at radius 3 is 1.64 bits per heavy atom. The number of phenols is 2. The van der Waals surface area contributed by atoms with Crippen LogP contribution in [0.3, 0.4) is 0 Å². The third-order valence-electron chi connectivity index (χ3n) is 5.99. The first-order valence-electron chi connectivity index (χ1n) is 8.96. The van der Waals surface area contributed by atoms with E-state index in [0.717, 1.165) is 5.56 Å². The molecule has 0 bridgehead atoms. The lowest BCUT2D eigenvalue weighted by atomic mass is 9.84. The zero-order chi connectivity index (χ0) is 18.5. The highest BCUT2D eigenvalue weighted by Crippen LogP contribution is 2.50. The standard InChI is InChI=1S/C22H28O3/c1-11-7-17(8-12(2)14(11)4)21-15(5)16(6)22(25-21)18-9-13(3)20(24)19(23)10-18/h7-10,15-16,21-24H,1-6H3/t15-,16-,21-,22-/m1/s1. The van der Waals surface area contributed by atoms with E-state index in [1.54, 1.807) is 13.0 Å². The second kappa shape index (κ2) is 6.38. The van der Waals surface area contributed by atoms with E-state index < -0.39 is 0 Å². The van der Waals surface area contributed by atoms with Crippen molar-refractivity contribution < 1.29 is 14.9 Å². The van der Waals surface area contributed by atoms with Crippen LogP contribution in [0.5, 0.6) is 11.5 Å². The highest BCUT2D eigenvalue weighted by molar-refractivity contribution is 5.48. The minimum absolute atomic E-state index is 0.0363. The van der Waals surface area contributed by atoms with E-state index in [0.29, 0.717) is 17.4 Å². The van der Waals surface area contributed by atoms with Gasteiger partial charge in [0, 0.05) is 0 Å². The quantitative estimate of drug-likeness (QED) is 0.718. The molecule has 1 heterocycles. The van der Waals surface area contributed by atoms with Crippen LogP contribution < -0.4 is 0 Å². The molecule has 25 heavy (non-hydrogen) atoms. The van der Waals surface area contributed by atoms with Crippen molar-refractivity contribution in [3.8, 4) is 11.5 Å². The molecule has 0 unspecified atom stereocenters. The molecule has 134 valence electrons. The summed E-state index contributed by atoms with van der Waals surface area (Å²) in [6.07, 6.45) is -0.0543. The Morgan fingerprint density at radius 1 is 0.720 bits per heavy atom. The summed E-state index contributed by atoms with van der Waals surface area (Å²) in [5.74, 6) is 0.547. The van der Waals surface area contributed by atoms with E-state index in [2.05, 4.69) is 46.8 Å². The molecule has 4 atom stereocenters. The van der Waals surface area contributed by atoms with Crippen molar-refractivity contribution in [2.24, 2.45) is 11.8 Å². The number of phenolic OH excluding ortho intramolecular Hbond substituents is 2. The lowest BCUT2D eigenvalue weighted by molar-refractivity contribution is 0.0288. The van der Waals surface area contributed by atoms with Crippen molar-refractivity contribution in [2.45, 2.75) is 53.8 Å². The van der Waals surface area contributed by atoms with Gasteiger partial charge in [-0.05, 0) is 85.0 Å². The van der Waals surface area contributed by atoms with E-state index in [1.165, 1.54) is 22.3 Å². The van der Waals surface area contributed by atoms with Gasteiger partial charge in [-0.2, -0.15) is 0 Å². The molecule has 1 aliphatic rings. The van der Waals surface area contributed by atoms with Gasteiger partial charge in [-0.25, -0.2) is 0 Å². The molecule has 0 aliphatic carbocycles. The number of hydrogen-bond donors (Lipinski definition) is 2. The molecule has 0 amide bonds. The summed E-state index contributed by atoms with van der Waals surface area (Å²) in [4.78, 5) is 0. The summed E-state index contributed by atoms with van der Waals surface area (Å²) >= 11 is 0.